The van der Waals surface area contributed by atoms with Gasteiger partial charge < -0.3 is 14.4 Å². The Morgan fingerprint density at radius 3 is 2.55 bits per heavy atom. The van der Waals surface area contributed by atoms with Gasteiger partial charge in [-0.15, -0.1) is 0 Å². The van der Waals surface area contributed by atoms with Crippen LogP contribution >= 0.6 is 0 Å². The molecule has 1 fully saturated rings. The van der Waals surface area contributed by atoms with E-state index in [1.54, 1.807) is 4.90 Å². The molecule has 5 heteroatoms. The minimum Gasteiger partial charge on any atom is -0.444 e. The van der Waals surface area contributed by atoms with Gasteiger partial charge in [0.05, 0.1) is 6.04 Å². The Kier molecular flexibility index (Phi) is 5.19. The highest BCUT2D eigenvalue weighted by atomic mass is 16.6. The van der Waals surface area contributed by atoms with Crippen molar-refractivity contribution in [2.75, 3.05) is 19.6 Å². The fourth-order valence-electron chi connectivity index (χ4n) is 2.48. The molecular weight excluding hydrogens is 280 g/mol. The molecule has 0 unspecified atom stereocenters. The first-order chi connectivity index (χ1) is 10.4. The molecule has 1 amide bonds. The summed E-state index contributed by atoms with van der Waals surface area (Å²) in [5.74, 6) is 0. The predicted octanol–water partition coefficient (Wildman–Crippen LogP) is 2.31. The zero-order chi connectivity index (χ0) is 16.2. The van der Waals surface area contributed by atoms with E-state index in [-0.39, 0.29) is 12.1 Å². The minimum absolute atomic E-state index is 0.290. The summed E-state index contributed by atoms with van der Waals surface area (Å²) in [7, 11) is 0. The van der Waals surface area contributed by atoms with Crippen LogP contribution in [0.15, 0.2) is 30.3 Å². The largest absolute Gasteiger partial charge is 0.444 e. The van der Waals surface area contributed by atoms with E-state index in [1.807, 2.05) is 51.1 Å². The van der Waals surface area contributed by atoms with E-state index in [2.05, 4.69) is 4.90 Å². The van der Waals surface area contributed by atoms with Crippen LogP contribution in [0, 0.1) is 0 Å². The van der Waals surface area contributed by atoms with Crippen LogP contribution in [0.2, 0.25) is 0 Å². The van der Waals surface area contributed by atoms with Crippen molar-refractivity contribution in [3.05, 3.63) is 35.9 Å². The number of nitrogens with zero attached hydrogens (tertiary/aromatic N) is 2. The summed E-state index contributed by atoms with van der Waals surface area (Å²) < 4.78 is 5.38. The fourth-order valence-corrected chi connectivity index (χ4v) is 2.48. The highest BCUT2D eigenvalue weighted by Crippen LogP contribution is 2.16. The fraction of sp³-hybridized carbons (Fsp3) is 0.529. The number of amides is 1. The van der Waals surface area contributed by atoms with E-state index >= 15 is 0 Å². The summed E-state index contributed by atoms with van der Waals surface area (Å²) in [6, 6.07) is 9.75. The lowest BCUT2D eigenvalue weighted by Gasteiger charge is -2.39. The highest BCUT2D eigenvalue weighted by molar-refractivity contribution is 5.70. The molecule has 1 aliphatic rings. The van der Waals surface area contributed by atoms with E-state index in [0.717, 1.165) is 6.29 Å². The van der Waals surface area contributed by atoms with Gasteiger partial charge in [-0.05, 0) is 26.3 Å². The Balaban J connectivity index is 1.96. The van der Waals surface area contributed by atoms with Crippen molar-refractivity contribution in [1.29, 1.82) is 0 Å². The predicted molar refractivity (Wildman–Crippen MR) is 84.5 cm³/mol. The van der Waals surface area contributed by atoms with Crippen molar-refractivity contribution in [2.45, 2.75) is 39.0 Å². The first kappa shape index (κ1) is 16.5. The molecule has 2 rings (SSSR count). The molecule has 1 aliphatic heterocycles. The second kappa shape index (κ2) is 6.92. The lowest BCUT2D eigenvalue weighted by Crippen LogP contribution is -2.55. The van der Waals surface area contributed by atoms with E-state index in [4.69, 9.17) is 4.74 Å². The Morgan fingerprint density at radius 1 is 1.27 bits per heavy atom. The van der Waals surface area contributed by atoms with E-state index in [9.17, 15) is 9.59 Å². The first-order valence-electron chi connectivity index (χ1n) is 7.60. The van der Waals surface area contributed by atoms with Gasteiger partial charge in [0, 0.05) is 26.2 Å². The summed E-state index contributed by atoms with van der Waals surface area (Å²) in [6.45, 7) is 7.86. The van der Waals surface area contributed by atoms with Crippen LogP contribution in [-0.2, 0) is 16.1 Å². The molecular formula is C17H24N2O3. The number of ether oxygens (including phenoxy) is 1. The van der Waals surface area contributed by atoms with E-state index in [1.165, 1.54) is 5.56 Å². The van der Waals surface area contributed by atoms with Gasteiger partial charge in [0.2, 0.25) is 0 Å². The molecule has 22 heavy (non-hydrogen) atoms. The third kappa shape index (κ3) is 4.56. The van der Waals surface area contributed by atoms with Gasteiger partial charge in [-0.1, -0.05) is 30.3 Å². The molecule has 0 bridgehead atoms. The quantitative estimate of drug-likeness (QED) is 0.804. The molecule has 0 saturated carbocycles. The van der Waals surface area contributed by atoms with Gasteiger partial charge in [-0.25, -0.2) is 4.79 Å². The van der Waals surface area contributed by atoms with Gasteiger partial charge in [0.25, 0.3) is 0 Å². The topological polar surface area (TPSA) is 49.9 Å². The Bertz CT molecular complexity index is 510. The Hall–Kier alpha value is -1.88. The average Bonchev–Trinajstić information content (AvgIpc) is 2.47. The molecule has 1 heterocycles. The molecule has 0 aromatic heterocycles. The maximum Gasteiger partial charge on any atom is 0.410 e. The minimum atomic E-state index is -0.519. The monoisotopic (exact) mass is 304 g/mol. The van der Waals surface area contributed by atoms with Crippen molar-refractivity contribution in [2.24, 2.45) is 0 Å². The molecule has 1 atom stereocenters. The summed E-state index contributed by atoms with van der Waals surface area (Å²) in [6.07, 6.45) is 0.568. The lowest BCUT2D eigenvalue weighted by atomic mass is 10.1. The number of carbonyl (C=O) groups excluding carboxylic acids is 2. The van der Waals surface area contributed by atoms with Crippen molar-refractivity contribution in [3.63, 3.8) is 0 Å². The number of hydrogen-bond acceptors (Lipinski definition) is 4. The highest BCUT2D eigenvalue weighted by Gasteiger charge is 2.31. The maximum absolute atomic E-state index is 12.1. The van der Waals surface area contributed by atoms with Crippen molar-refractivity contribution in [3.8, 4) is 0 Å². The van der Waals surface area contributed by atoms with E-state index in [0.29, 0.717) is 26.2 Å². The van der Waals surface area contributed by atoms with Crippen LogP contribution in [0.1, 0.15) is 26.3 Å². The lowest BCUT2D eigenvalue weighted by molar-refractivity contribution is -0.114. The SMILES string of the molecule is CC(C)(C)OC(=O)N1CCN(Cc2ccccc2)[C@H](C=O)C1. The molecule has 1 aromatic rings. The molecule has 0 radical (unpaired) electrons. The second-order valence-electron chi connectivity index (χ2n) is 6.59. The molecule has 0 N–H and O–H groups in total. The number of benzene rings is 1. The van der Waals surface area contributed by atoms with Gasteiger partial charge in [0.15, 0.2) is 0 Å². The molecule has 120 valence electrons. The number of aldehydes is 1. The summed E-state index contributed by atoms with van der Waals surface area (Å²) >= 11 is 0. The standard InChI is InChI=1S/C17H24N2O3/c1-17(2,3)22-16(21)19-10-9-18(15(12-19)13-20)11-14-7-5-4-6-8-14/h4-8,13,15H,9-12H2,1-3H3/t15-/m0/s1. The Labute approximate surface area is 131 Å². The maximum atomic E-state index is 12.1. The second-order valence-corrected chi connectivity index (χ2v) is 6.59. The van der Waals surface area contributed by atoms with Crippen molar-refractivity contribution >= 4 is 12.4 Å². The molecule has 0 spiro atoms. The van der Waals surface area contributed by atoms with Gasteiger partial charge in [-0.2, -0.15) is 0 Å². The van der Waals surface area contributed by atoms with Crippen LogP contribution in [0.4, 0.5) is 4.79 Å². The van der Waals surface area contributed by atoms with Gasteiger partial charge >= 0.3 is 6.09 Å². The van der Waals surface area contributed by atoms with Crippen LogP contribution < -0.4 is 0 Å². The smallest absolute Gasteiger partial charge is 0.410 e. The molecule has 1 saturated heterocycles. The molecule has 0 aliphatic carbocycles. The van der Waals surface area contributed by atoms with Crippen LogP contribution in [0.5, 0.6) is 0 Å². The van der Waals surface area contributed by atoms with Crippen molar-refractivity contribution in [1.82, 2.24) is 9.80 Å². The van der Waals surface area contributed by atoms with Crippen LogP contribution in [-0.4, -0.2) is 53.5 Å². The van der Waals surface area contributed by atoms with Crippen LogP contribution in [0.3, 0.4) is 0 Å². The number of carbonyl (C=O) groups is 2. The summed E-state index contributed by atoms with van der Waals surface area (Å²) in [4.78, 5) is 27.2. The summed E-state index contributed by atoms with van der Waals surface area (Å²) in [5, 5.41) is 0. The number of rotatable bonds is 3. The normalized spacial score (nSPS) is 19.8. The third-order valence-electron chi connectivity index (χ3n) is 3.57. The number of hydrogen-bond donors (Lipinski definition) is 0. The zero-order valence-corrected chi connectivity index (χ0v) is 13.5. The summed E-state index contributed by atoms with van der Waals surface area (Å²) in [5.41, 5.74) is 0.648. The molecule has 5 nitrogen and oxygen atoms in total. The van der Waals surface area contributed by atoms with Crippen LogP contribution in [0.25, 0.3) is 0 Å². The number of piperazine rings is 1. The average molecular weight is 304 g/mol. The third-order valence-corrected chi connectivity index (χ3v) is 3.57. The van der Waals surface area contributed by atoms with E-state index < -0.39 is 5.60 Å². The molecule has 1 aromatic carbocycles. The Morgan fingerprint density at radius 2 is 1.95 bits per heavy atom. The van der Waals surface area contributed by atoms with Gasteiger partial charge in [0.1, 0.15) is 11.9 Å². The van der Waals surface area contributed by atoms with Gasteiger partial charge in [-0.3, -0.25) is 4.90 Å². The zero-order valence-electron chi connectivity index (χ0n) is 13.5. The van der Waals surface area contributed by atoms with Crippen molar-refractivity contribution < 1.29 is 14.3 Å². The first-order valence-corrected chi connectivity index (χ1v) is 7.60.